The van der Waals surface area contributed by atoms with Gasteiger partial charge in [-0.15, -0.1) is 4.73 Å². The molecule has 0 fully saturated rings. The topological polar surface area (TPSA) is 75.3 Å². The third-order valence-electron chi connectivity index (χ3n) is 4.39. The summed E-state index contributed by atoms with van der Waals surface area (Å²) in [5.41, 5.74) is 2.09. The second-order valence-electron chi connectivity index (χ2n) is 6.07. The Labute approximate surface area is 149 Å². The van der Waals surface area contributed by atoms with Crippen LogP contribution < -0.4 is 5.56 Å². The Morgan fingerprint density at radius 2 is 1.58 bits per heavy atom. The molecule has 5 heteroatoms. The van der Waals surface area contributed by atoms with E-state index in [0.717, 1.165) is 16.7 Å². The zero-order valence-corrected chi connectivity index (χ0v) is 13.8. The fourth-order valence-electron chi connectivity index (χ4n) is 3.04. The predicted molar refractivity (Wildman–Crippen MR) is 99.5 cm³/mol. The van der Waals surface area contributed by atoms with E-state index in [1.165, 1.54) is 0 Å². The molecule has 0 aliphatic rings. The molecule has 4 rings (SSSR count). The van der Waals surface area contributed by atoms with Crippen molar-refractivity contribution in [1.82, 2.24) is 9.71 Å². The molecule has 128 valence electrons. The largest absolute Gasteiger partial charge is 0.507 e. The molecule has 0 unspecified atom stereocenters. The number of benzene rings is 2. The molecule has 0 aliphatic carbocycles. The Bertz CT molecular complexity index is 1140. The molecule has 0 aliphatic heterocycles. The summed E-state index contributed by atoms with van der Waals surface area (Å²) < 4.78 is 0.502. The molecule has 0 spiro atoms. The standard InChI is InChI=1S/C21H16N2O3/c24-19-17-12-16(15-9-5-2-6-10-15)13-22-20(17)23(26)21(25)18(19)11-14-7-3-1-4-8-14/h1-10,12-13,24,26H,11H2. The van der Waals surface area contributed by atoms with Gasteiger partial charge in [-0.1, -0.05) is 60.7 Å². The van der Waals surface area contributed by atoms with Gasteiger partial charge < -0.3 is 10.3 Å². The van der Waals surface area contributed by atoms with Gasteiger partial charge in [0.25, 0.3) is 5.56 Å². The van der Waals surface area contributed by atoms with Crippen LogP contribution >= 0.6 is 0 Å². The number of fused-ring (bicyclic) bond motifs is 1. The van der Waals surface area contributed by atoms with Crippen molar-refractivity contribution in [2.24, 2.45) is 0 Å². The molecule has 0 saturated carbocycles. The maximum absolute atomic E-state index is 12.5. The minimum Gasteiger partial charge on any atom is -0.507 e. The lowest BCUT2D eigenvalue weighted by molar-refractivity contribution is 0.185. The van der Waals surface area contributed by atoms with Gasteiger partial charge in [0.2, 0.25) is 0 Å². The van der Waals surface area contributed by atoms with Gasteiger partial charge >= 0.3 is 0 Å². The maximum Gasteiger partial charge on any atom is 0.292 e. The smallest absolute Gasteiger partial charge is 0.292 e. The van der Waals surface area contributed by atoms with E-state index in [2.05, 4.69) is 4.98 Å². The number of hydrogen-bond donors (Lipinski definition) is 2. The fourth-order valence-corrected chi connectivity index (χ4v) is 3.04. The molecule has 2 aromatic heterocycles. The van der Waals surface area contributed by atoms with Gasteiger partial charge in [-0.3, -0.25) is 4.79 Å². The number of aromatic nitrogens is 2. The molecule has 2 heterocycles. The quantitative estimate of drug-likeness (QED) is 0.557. The highest BCUT2D eigenvalue weighted by atomic mass is 16.5. The zero-order valence-electron chi connectivity index (χ0n) is 13.8. The van der Waals surface area contributed by atoms with Gasteiger partial charge in [0, 0.05) is 18.2 Å². The van der Waals surface area contributed by atoms with Crippen molar-refractivity contribution in [3.63, 3.8) is 0 Å². The number of hydrogen-bond acceptors (Lipinski definition) is 4. The average Bonchev–Trinajstić information content (AvgIpc) is 2.70. The van der Waals surface area contributed by atoms with Gasteiger partial charge in [0.1, 0.15) is 5.75 Å². The number of aromatic hydroxyl groups is 1. The first-order valence-corrected chi connectivity index (χ1v) is 8.20. The molecule has 0 saturated heterocycles. The molecule has 5 nitrogen and oxygen atoms in total. The molecule has 0 radical (unpaired) electrons. The van der Waals surface area contributed by atoms with Gasteiger partial charge in [0.05, 0.1) is 10.9 Å². The lowest BCUT2D eigenvalue weighted by atomic mass is 10.0. The summed E-state index contributed by atoms with van der Waals surface area (Å²) in [7, 11) is 0. The molecule has 2 N–H and O–H groups in total. The van der Waals surface area contributed by atoms with Crippen LogP contribution in [-0.2, 0) is 6.42 Å². The summed E-state index contributed by atoms with van der Waals surface area (Å²) in [5.74, 6) is -0.149. The molecular weight excluding hydrogens is 328 g/mol. The highest BCUT2D eigenvalue weighted by molar-refractivity contribution is 5.87. The van der Waals surface area contributed by atoms with Crippen molar-refractivity contribution < 1.29 is 10.3 Å². The lowest BCUT2D eigenvalue weighted by Gasteiger charge is -2.11. The Hall–Kier alpha value is -3.60. The molecule has 4 aromatic rings. The second-order valence-corrected chi connectivity index (χ2v) is 6.07. The van der Waals surface area contributed by atoms with Crippen LogP contribution in [0.5, 0.6) is 5.75 Å². The highest BCUT2D eigenvalue weighted by Crippen LogP contribution is 2.30. The monoisotopic (exact) mass is 344 g/mol. The van der Waals surface area contributed by atoms with Crippen LogP contribution in [0.4, 0.5) is 0 Å². The van der Waals surface area contributed by atoms with Gasteiger partial charge in [0.15, 0.2) is 5.65 Å². The van der Waals surface area contributed by atoms with Crippen LogP contribution in [-0.4, -0.2) is 20.0 Å². The van der Waals surface area contributed by atoms with Crippen LogP contribution in [0.2, 0.25) is 0 Å². The Kier molecular flexibility index (Phi) is 3.89. The molecule has 0 amide bonds. The first kappa shape index (κ1) is 15.9. The van der Waals surface area contributed by atoms with Crippen LogP contribution in [0.25, 0.3) is 22.2 Å². The SMILES string of the molecule is O=c1c(Cc2ccccc2)c(O)c2cc(-c3ccccc3)cnc2n1O. The van der Waals surface area contributed by atoms with Crippen molar-refractivity contribution >= 4 is 11.0 Å². The maximum atomic E-state index is 12.5. The van der Waals surface area contributed by atoms with Gasteiger partial charge in [-0.25, -0.2) is 4.98 Å². The average molecular weight is 344 g/mol. The van der Waals surface area contributed by atoms with Crippen LogP contribution in [0.15, 0.2) is 77.7 Å². The van der Waals surface area contributed by atoms with Crippen LogP contribution in [0.3, 0.4) is 0 Å². The van der Waals surface area contributed by atoms with E-state index < -0.39 is 5.56 Å². The van der Waals surface area contributed by atoms with E-state index in [1.54, 1.807) is 12.3 Å². The fraction of sp³-hybridized carbons (Fsp3) is 0.0476. The molecule has 2 aromatic carbocycles. The van der Waals surface area contributed by atoms with E-state index in [9.17, 15) is 15.1 Å². The summed E-state index contributed by atoms with van der Waals surface area (Å²) >= 11 is 0. The summed E-state index contributed by atoms with van der Waals surface area (Å²) in [6, 6.07) is 20.7. The van der Waals surface area contributed by atoms with Gasteiger partial charge in [-0.2, -0.15) is 0 Å². The Morgan fingerprint density at radius 3 is 2.27 bits per heavy atom. The summed E-state index contributed by atoms with van der Waals surface area (Å²) in [4.78, 5) is 16.7. The normalized spacial score (nSPS) is 10.9. The molecular formula is C21H16N2O3. The predicted octanol–water partition coefficient (Wildman–Crippen LogP) is 3.60. The van der Waals surface area contributed by atoms with Crippen LogP contribution in [0, 0.1) is 0 Å². The molecule has 0 bridgehead atoms. The summed E-state index contributed by atoms with van der Waals surface area (Å²) in [6.45, 7) is 0. The second kappa shape index (κ2) is 6.37. The van der Waals surface area contributed by atoms with E-state index in [1.807, 2.05) is 60.7 Å². The third kappa shape index (κ3) is 2.69. The van der Waals surface area contributed by atoms with Crippen molar-refractivity contribution in [1.29, 1.82) is 0 Å². The zero-order chi connectivity index (χ0) is 18.1. The van der Waals surface area contributed by atoms with Crippen molar-refractivity contribution in [3.8, 4) is 16.9 Å². The third-order valence-corrected chi connectivity index (χ3v) is 4.39. The van der Waals surface area contributed by atoms with E-state index in [4.69, 9.17) is 0 Å². The Morgan fingerprint density at radius 1 is 0.923 bits per heavy atom. The first-order chi connectivity index (χ1) is 12.6. The molecule has 26 heavy (non-hydrogen) atoms. The lowest BCUT2D eigenvalue weighted by Crippen LogP contribution is -2.23. The minimum absolute atomic E-state index is 0.0315. The van der Waals surface area contributed by atoms with Crippen LogP contribution in [0.1, 0.15) is 11.1 Å². The summed E-state index contributed by atoms with van der Waals surface area (Å²) in [6.07, 6.45) is 1.79. The van der Waals surface area contributed by atoms with E-state index in [-0.39, 0.29) is 23.4 Å². The van der Waals surface area contributed by atoms with Gasteiger partial charge in [-0.05, 0) is 17.2 Å². The molecule has 0 atom stereocenters. The first-order valence-electron chi connectivity index (χ1n) is 8.20. The minimum atomic E-state index is -0.668. The van der Waals surface area contributed by atoms with E-state index >= 15 is 0 Å². The van der Waals surface area contributed by atoms with Crippen molar-refractivity contribution in [3.05, 3.63) is 94.4 Å². The summed E-state index contributed by atoms with van der Waals surface area (Å²) in [5, 5.41) is 21.3. The number of nitrogens with zero attached hydrogens (tertiary/aromatic N) is 2. The van der Waals surface area contributed by atoms with Crippen molar-refractivity contribution in [2.75, 3.05) is 0 Å². The number of rotatable bonds is 3. The Balaban J connectivity index is 1.92. The van der Waals surface area contributed by atoms with Crippen molar-refractivity contribution in [2.45, 2.75) is 6.42 Å². The van der Waals surface area contributed by atoms with E-state index in [0.29, 0.717) is 10.1 Å². The number of pyridine rings is 2. The highest BCUT2D eigenvalue weighted by Gasteiger charge is 2.18.